The van der Waals surface area contributed by atoms with Crippen LogP contribution in [0.4, 0.5) is 0 Å². The lowest BCUT2D eigenvalue weighted by Crippen LogP contribution is -1.90. The van der Waals surface area contributed by atoms with Crippen LogP contribution in [0.25, 0.3) is 11.1 Å². The minimum Gasteiger partial charge on any atom is -0.0840 e. The molecule has 0 nitrogen and oxygen atoms in total. The van der Waals surface area contributed by atoms with Crippen molar-refractivity contribution in [3.8, 4) is 11.1 Å². The predicted molar refractivity (Wildman–Crippen MR) is 93.8 cm³/mol. The summed E-state index contributed by atoms with van der Waals surface area (Å²) in [5.74, 6) is 0. The lowest BCUT2D eigenvalue weighted by atomic mass is 10.0. The van der Waals surface area contributed by atoms with E-state index in [-0.39, 0.29) is 0 Å². The summed E-state index contributed by atoms with van der Waals surface area (Å²) in [5.41, 5.74) is 4.87. The van der Waals surface area contributed by atoms with Gasteiger partial charge in [-0.15, -0.1) is 0 Å². The first kappa shape index (κ1) is 14.4. The second kappa shape index (κ2) is 6.46. The number of rotatable bonds is 3. The molecule has 21 heavy (non-hydrogen) atoms. The molecular weight excluding hydrogens is 344 g/mol. The van der Waals surface area contributed by atoms with E-state index in [1.807, 2.05) is 18.2 Å². The molecule has 0 unspecified atom stereocenters. The van der Waals surface area contributed by atoms with E-state index in [4.69, 9.17) is 11.6 Å². The van der Waals surface area contributed by atoms with Gasteiger partial charge in [0, 0.05) is 9.50 Å². The lowest BCUT2D eigenvalue weighted by Gasteiger charge is -2.07. The van der Waals surface area contributed by atoms with Crippen molar-refractivity contribution in [2.75, 3.05) is 0 Å². The lowest BCUT2D eigenvalue weighted by molar-refractivity contribution is 1.19. The molecule has 0 saturated carbocycles. The van der Waals surface area contributed by atoms with E-state index in [1.165, 1.54) is 16.7 Å². The third kappa shape index (κ3) is 3.55. The van der Waals surface area contributed by atoms with Gasteiger partial charge in [0.1, 0.15) is 0 Å². The Balaban J connectivity index is 1.83. The normalized spacial score (nSPS) is 10.6. The minimum atomic E-state index is 0.810. The highest BCUT2D eigenvalue weighted by Gasteiger charge is 2.03. The molecule has 0 fully saturated rings. The molecular formula is C19H14BrCl. The van der Waals surface area contributed by atoms with Gasteiger partial charge in [0.15, 0.2) is 0 Å². The summed E-state index contributed by atoms with van der Waals surface area (Å²) >= 11 is 9.75. The van der Waals surface area contributed by atoms with Crippen molar-refractivity contribution in [2.24, 2.45) is 0 Å². The van der Waals surface area contributed by atoms with Gasteiger partial charge in [-0.3, -0.25) is 0 Å². The van der Waals surface area contributed by atoms with Crippen molar-refractivity contribution >= 4 is 27.5 Å². The van der Waals surface area contributed by atoms with E-state index >= 15 is 0 Å². The van der Waals surface area contributed by atoms with Crippen LogP contribution in [-0.4, -0.2) is 0 Å². The van der Waals surface area contributed by atoms with Gasteiger partial charge in [-0.1, -0.05) is 82.1 Å². The molecule has 0 radical (unpaired) electrons. The summed E-state index contributed by atoms with van der Waals surface area (Å²) in [4.78, 5) is 0. The molecule has 0 atom stereocenters. The summed E-state index contributed by atoms with van der Waals surface area (Å²) in [7, 11) is 0. The molecule has 0 aliphatic rings. The van der Waals surface area contributed by atoms with Crippen LogP contribution in [0.1, 0.15) is 11.1 Å². The maximum absolute atomic E-state index is 6.25. The Hall–Kier alpha value is -1.57. The van der Waals surface area contributed by atoms with Crippen LogP contribution in [0.2, 0.25) is 5.02 Å². The SMILES string of the molecule is Clc1ccc(Br)cc1Cc1ccc(-c2ccccc2)cc1. The van der Waals surface area contributed by atoms with Gasteiger partial charge in [-0.25, -0.2) is 0 Å². The van der Waals surface area contributed by atoms with Crippen molar-refractivity contribution < 1.29 is 0 Å². The van der Waals surface area contributed by atoms with Crippen molar-refractivity contribution in [2.45, 2.75) is 6.42 Å². The van der Waals surface area contributed by atoms with Crippen molar-refractivity contribution in [3.63, 3.8) is 0 Å². The molecule has 0 heterocycles. The molecule has 2 heteroatoms. The number of hydrogen-bond donors (Lipinski definition) is 0. The van der Waals surface area contributed by atoms with Crippen LogP contribution in [-0.2, 0) is 6.42 Å². The average Bonchev–Trinajstić information content (AvgIpc) is 2.53. The van der Waals surface area contributed by atoms with Gasteiger partial charge in [0.25, 0.3) is 0 Å². The fraction of sp³-hybridized carbons (Fsp3) is 0.0526. The third-order valence-corrected chi connectivity index (χ3v) is 4.33. The van der Waals surface area contributed by atoms with Gasteiger partial charge in [0.2, 0.25) is 0 Å². The van der Waals surface area contributed by atoms with Gasteiger partial charge >= 0.3 is 0 Å². The Bertz CT molecular complexity index is 733. The number of benzene rings is 3. The highest BCUT2D eigenvalue weighted by molar-refractivity contribution is 9.10. The number of halogens is 2. The summed E-state index contributed by atoms with van der Waals surface area (Å²) < 4.78 is 1.06. The Morgan fingerprint density at radius 3 is 2.14 bits per heavy atom. The molecule has 3 rings (SSSR count). The quantitative estimate of drug-likeness (QED) is 0.511. The van der Waals surface area contributed by atoms with Gasteiger partial charge in [0.05, 0.1) is 0 Å². The topological polar surface area (TPSA) is 0 Å². The zero-order valence-corrected chi connectivity index (χ0v) is 13.7. The highest BCUT2D eigenvalue weighted by atomic mass is 79.9. The van der Waals surface area contributed by atoms with E-state index < -0.39 is 0 Å². The predicted octanol–water partition coefficient (Wildman–Crippen LogP) is 6.36. The Morgan fingerprint density at radius 1 is 0.762 bits per heavy atom. The Kier molecular flexibility index (Phi) is 4.42. The molecule has 0 saturated heterocycles. The van der Waals surface area contributed by atoms with E-state index in [2.05, 4.69) is 70.5 Å². The maximum atomic E-state index is 6.25. The molecule has 0 aliphatic carbocycles. The molecule has 0 bridgehead atoms. The monoisotopic (exact) mass is 356 g/mol. The first-order chi connectivity index (χ1) is 10.2. The Morgan fingerprint density at radius 2 is 1.43 bits per heavy atom. The maximum Gasteiger partial charge on any atom is 0.0442 e. The second-order valence-electron chi connectivity index (χ2n) is 4.98. The molecule has 0 amide bonds. The van der Waals surface area contributed by atoms with Crippen molar-refractivity contribution in [3.05, 3.63) is 93.4 Å². The van der Waals surface area contributed by atoms with E-state index in [9.17, 15) is 0 Å². The van der Waals surface area contributed by atoms with Crippen LogP contribution in [0.5, 0.6) is 0 Å². The zero-order chi connectivity index (χ0) is 14.7. The standard InChI is InChI=1S/C19H14BrCl/c20-18-10-11-19(21)17(13-18)12-14-6-8-16(9-7-14)15-4-2-1-3-5-15/h1-11,13H,12H2. The van der Waals surface area contributed by atoms with Crippen LogP contribution < -0.4 is 0 Å². The smallest absolute Gasteiger partial charge is 0.0442 e. The van der Waals surface area contributed by atoms with E-state index in [1.54, 1.807) is 0 Å². The summed E-state index contributed by atoms with van der Waals surface area (Å²) in [6.07, 6.45) is 0.841. The van der Waals surface area contributed by atoms with Gasteiger partial charge in [-0.05, 0) is 46.9 Å². The summed E-state index contributed by atoms with van der Waals surface area (Å²) in [5, 5.41) is 0.810. The molecule has 3 aromatic rings. The minimum absolute atomic E-state index is 0.810. The summed E-state index contributed by atoms with van der Waals surface area (Å²) in [6.45, 7) is 0. The van der Waals surface area contributed by atoms with Gasteiger partial charge < -0.3 is 0 Å². The van der Waals surface area contributed by atoms with Crippen molar-refractivity contribution in [1.82, 2.24) is 0 Å². The first-order valence-corrected chi connectivity index (χ1v) is 7.98. The number of hydrogen-bond acceptors (Lipinski definition) is 0. The van der Waals surface area contributed by atoms with Crippen LogP contribution in [0.3, 0.4) is 0 Å². The molecule has 0 N–H and O–H groups in total. The van der Waals surface area contributed by atoms with E-state index in [0.29, 0.717) is 0 Å². The van der Waals surface area contributed by atoms with Crippen LogP contribution in [0.15, 0.2) is 77.3 Å². The molecule has 0 aliphatic heterocycles. The fourth-order valence-electron chi connectivity index (χ4n) is 2.34. The molecule has 0 aromatic heterocycles. The largest absolute Gasteiger partial charge is 0.0840 e. The van der Waals surface area contributed by atoms with Crippen LogP contribution >= 0.6 is 27.5 Å². The third-order valence-electron chi connectivity index (χ3n) is 3.46. The second-order valence-corrected chi connectivity index (χ2v) is 6.30. The Labute approximate surface area is 138 Å². The summed E-state index contributed by atoms with van der Waals surface area (Å²) in [6, 6.07) is 25.0. The van der Waals surface area contributed by atoms with Crippen molar-refractivity contribution in [1.29, 1.82) is 0 Å². The zero-order valence-electron chi connectivity index (χ0n) is 11.4. The molecule has 3 aromatic carbocycles. The van der Waals surface area contributed by atoms with E-state index in [0.717, 1.165) is 21.5 Å². The van der Waals surface area contributed by atoms with Crippen LogP contribution in [0, 0.1) is 0 Å². The fourth-order valence-corrected chi connectivity index (χ4v) is 2.94. The first-order valence-electron chi connectivity index (χ1n) is 6.81. The highest BCUT2D eigenvalue weighted by Crippen LogP contribution is 2.25. The molecule has 0 spiro atoms. The van der Waals surface area contributed by atoms with Gasteiger partial charge in [-0.2, -0.15) is 0 Å². The molecule has 104 valence electrons. The average molecular weight is 358 g/mol.